The van der Waals surface area contributed by atoms with E-state index in [4.69, 9.17) is 11.6 Å². The van der Waals surface area contributed by atoms with Crippen LogP contribution in [0.3, 0.4) is 0 Å². The van der Waals surface area contributed by atoms with Crippen molar-refractivity contribution in [1.29, 1.82) is 0 Å². The molecule has 1 N–H and O–H groups in total. The molecule has 1 amide bonds. The largest absolute Gasteiger partial charge is 0.326 e. The minimum absolute atomic E-state index is 0.0452. The van der Waals surface area contributed by atoms with Crippen molar-refractivity contribution in [3.63, 3.8) is 0 Å². The van der Waals surface area contributed by atoms with Gasteiger partial charge in [0.25, 0.3) is 5.69 Å². The summed E-state index contributed by atoms with van der Waals surface area (Å²) in [5.74, 6) is -0.190. The molecule has 6 heteroatoms. The van der Waals surface area contributed by atoms with E-state index in [0.29, 0.717) is 17.1 Å². The topological polar surface area (TPSA) is 72.2 Å². The lowest BCUT2D eigenvalue weighted by molar-refractivity contribution is -0.384. The number of amides is 1. The Morgan fingerprint density at radius 3 is 2.52 bits per heavy atom. The van der Waals surface area contributed by atoms with Crippen LogP contribution in [0, 0.1) is 24.0 Å². The van der Waals surface area contributed by atoms with Gasteiger partial charge in [-0.2, -0.15) is 0 Å². The van der Waals surface area contributed by atoms with Gasteiger partial charge < -0.3 is 5.32 Å². The van der Waals surface area contributed by atoms with E-state index in [-0.39, 0.29) is 18.0 Å². The van der Waals surface area contributed by atoms with E-state index in [0.717, 1.165) is 16.7 Å². The first-order valence-electron chi connectivity index (χ1n) is 7.17. The number of nitrogens with zero attached hydrogens (tertiary/aromatic N) is 1. The molecule has 0 bridgehead atoms. The minimum atomic E-state index is -0.483. The Kier molecular flexibility index (Phi) is 5.34. The summed E-state index contributed by atoms with van der Waals surface area (Å²) < 4.78 is 0. The summed E-state index contributed by atoms with van der Waals surface area (Å²) in [6.45, 7) is 3.71. The van der Waals surface area contributed by atoms with E-state index in [1.54, 1.807) is 13.0 Å². The molecule has 0 aliphatic heterocycles. The van der Waals surface area contributed by atoms with Crippen molar-refractivity contribution >= 4 is 28.9 Å². The van der Waals surface area contributed by atoms with Gasteiger partial charge >= 0.3 is 0 Å². The van der Waals surface area contributed by atoms with Gasteiger partial charge in [0, 0.05) is 23.6 Å². The monoisotopic (exact) mass is 332 g/mol. The number of halogens is 1. The number of nitro groups is 1. The molecule has 0 spiro atoms. The van der Waals surface area contributed by atoms with Crippen LogP contribution in [0.2, 0.25) is 5.02 Å². The summed E-state index contributed by atoms with van der Waals surface area (Å²) in [5, 5.41) is 14.2. The average molecular weight is 333 g/mol. The molecule has 0 fully saturated rings. The Morgan fingerprint density at radius 2 is 1.87 bits per heavy atom. The van der Waals surface area contributed by atoms with Gasteiger partial charge in [-0.25, -0.2) is 0 Å². The highest BCUT2D eigenvalue weighted by molar-refractivity contribution is 6.31. The Balaban J connectivity index is 2.00. The van der Waals surface area contributed by atoms with E-state index in [1.807, 2.05) is 25.1 Å². The number of hydrogen-bond donors (Lipinski definition) is 1. The predicted molar refractivity (Wildman–Crippen MR) is 91.0 cm³/mol. The third kappa shape index (κ3) is 4.53. The van der Waals surface area contributed by atoms with Crippen LogP contribution in [0.15, 0.2) is 36.4 Å². The van der Waals surface area contributed by atoms with Crippen LogP contribution in [0.4, 0.5) is 11.4 Å². The summed E-state index contributed by atoms with van der Waals surface area (Å²) in [4.78, 5) is 22.4. The number of carbonyl (C=O) groups is 1. The molecule has 2 rings (SSSR count). The van der Waals surface area contributed by atoms with Crippen molar-refractivity contribution < 1.29 is 9.72 Å². The molecular formula is C17H17ClN2O3. The highest BCUT2D eigenvalue weighted by atomic mass is 35.5. The van der Waals surface area contributed by atoms with E-state index in [2.05, 4.69) is 5.32 Å². The Morgan fingerprint density at radius 1 is 1.17 bits per heavy atom. The quantitative estimate of drug-likeness (QED) is 0.650. The highest BCUT2D eigenvalue weighted by Gasteiger charge is 2.11. The van der Waals surface area contributed by atoms with Crippen molar-refractivity contribution in [2.24, 2.45) is 0 Å². The zero-order chi connectivity index (χ0) is 17.0. The molecule has 0 aliphatic carbocycles. The SMILES string of the molecule is Cc1ccc(CCC(=O)Nc2cc([N+](=O)[O-])ccc2C)cc1Cl. The third-order valence-corrected chi connectivity index (χ3v) is 3.99. The third-order valence-electron chi connectivity index (χ3n) is 3.58. The fourth-order valence-corrected chi connectivity index (χ4v) is 2.32. The van der Waals surface area contributed by atoms with Crippen molar-refractivity contribution in [3.8, 4) is 0 Å². The van der Waals surface area contributed by atoms with Gasteiger partial charge in [0.15, 0.2) is 0 Å². The normalized spacial score (nSPS) is 10.4. The zero-order valence-corrected chi connectivity index (χ0v) is 13.7. The van der Waals surface area contributed by atoms with Gasteiger partial charge in [0.2, 0.25) is 5.91 Å². The standard InChI is InChI=1S/C17H17ClN2O3/c1-11-3-5-13(9-15(11)18)6-8-17(21)19-16-10-14(20(22)23)7-4-12(16)2/h3-5,7,9-10H,6,8H2,1-2H3,(H,19,21). The maximum atomic E-state index is 12.1. The first kappa shape index (κ1) is 17.0. The molecule has 120 valence electrons. The number of rotatable bonds is 5. The summed E-state index contributed by atoms with van der Waals surface area (Å²) in [5.41, 5.74) is 3.17. The van der Waals surface area contributed by atoms with Crippen molar-refractivity contribution in [3.05, 3.63) is 68.2 Å². The van der Waals surface area contributed by atoms with Crippen LogP contribution >= 0.6 is 11.6 Å². The maximum absolute atomic E-state index is 12.1. The number of benzene rings is 2. The molecule has 0 unspecified atom stereocenters. The number of anilines is 1. The molecule has 2 aromatic rings. The van der Waals surface area contributed by atoms with Gasteiger partial charge in [-0.1, -0.05) is 29.8 Å². The van der Waals surface area contributed by atoms with E-state index in [1.165, 1.54) is 12.1 Å². The van der Waals surface area contributed by atoms with Crippen LogP contribution < -0.4 is 5.32 Å². The minimum Gasteiger partial charge on any atom is -0.326 e. The van der Waals surface area contributed by atoms with Crippen molar-refractivity contribution in [1.82, 2.24) is 0 Å². The van der Waals surface area contributed by atoms with Crippen LogP contribution in [-0.2, 0) is 11.2 Å². The van der Waals surface area contributed by atoms with E-state index in [9.17, 15) is 14.9 Å². The van der Waals surface area contributed by atoms with E-state index >= 15 is 0 Å². The summed E-state index contributed by atoms with van der Waals surface area (Å²) in [7, 11) is 0. The lowest BCUT2D eigenvalue weighted by atomic mass is 10.1. The second-order valence-corrected chi connectivity index (χ2v) is 5.80. The Hall–Kier alpha value is -2.40. The Bertz CT molecular complexity index is 759. The van der Waals surface area contributed by atoms with Crippen molar-refractivity contribution in [2.75, 3.05) is 5.32 Å². The smallest absolute Gasteiger partial charge is 0.271 e. The van der Waals surface area contributed by atoms with Crippen LogP contribution in [-0.4, -0.2) is 10.8 Å². The second kappa shape index (κ2) is 7.24. The lowest BCUT2D eigenvalue weighted by Gasteiger charge is -2.09. The number of nitrogens with one attached hydrogen (secondary N) is 1. The summed E-state index contributed by atoms with van der Waals surface area (Å²) >= 11 is 6.06. The van der Waals surface area contributed by atoms with Crippen molar-refractivity contribution in [2.45, 2.75) is 26.7 Å². The number of aryl methyl sites for hydroxylation is 3. The molecule has 2 aromatic carbocycles. The predicted octanol–water partition coefficient (Wildman–Crippen LogP) is 4.44. The summed E-state index contributed by atoms with van der Waals surface area (Å²) in [6, 6.07) is 10.1. The van der Waals surface area contributed by atoms with Gasteiger partial charge in [0.05, 0.1) is 10.6 Å². The van der Waals surface area contributed by atoms with Gasteiger partial charge in [-0.15, -0.1) is 0 Å². The summed E-state index contributed by atoms with van der Waals surface area (Å²) in [6.07, 6.45) is 0.835. The molecule has 0 atom stereocenters. The molecule has 23 heavy (non-hydrogen) atoms. The highest BCUT2D eigenvalue weighted by Crippen LogP contribution is 2.22. The second-order valence-electron chi connectivity index (χ2n) is 5.39. The molecule has 0 saturated heterocycles. The fraction of sp³-hybridized carbons (Fsp3) is 0.235. The number of non-ortho nitro benzene ring substituents is 1. The fourth-order valence-electron chi connectivity index (χ4n) is 2.12. The molecule has 5 nitrogen and oxygen atoms in total. The van der Waals surface area contributed by atoms with Crippen LogP contribution in [0.1, 0.15) is 23.1 Å². The number of nitro benzene ring substituents is 1. The zero-order valence-electron chi connectivity index (χ0n) is 12.9. The van der Waals surface area contributed by atoms with E-state index < -0.39 is 4.92 Å². The lowest BCUT2D eigenvalue weighted by Crippen LogP contribution is -2.13. The van der Waals surface area contributed by atoms with Gasteiger partial charge in [0.1, 0.15) is 0 Å². The van der Waals surface area contributed by atoms with Gasteiger partial charge in [-0.3, -0.25) is 14.9 Å². The molecule has 0 aromatic heterocycles. The maximum Gasteiger partial charge on any atom is 0.271 e. The number of hydrogen-bond acceptors (Lipinski definition) is 3. The Labute approximate surface area is 139 Å². The number of carbonyl (C=O) groups excluding carboxylic acids is 1. The average Bonchev–Trinajstić information content (AvgIpc) is 2.50. The van der Waals surface area contributed by atoms with Crippen LogP contribution in [0.25, 0.3) is 0 Å². The first-order valence-corrected chi connectivity index (χ1v) is 7.54. The molecule has 0 heterocycles. The van der Waals surface area contributed by atoms with Gasteiger partial charge in [-0.05, 0) is 43.0 Å². The molecular weight excluding hydrogens is 316 g/mol. The van der Waals surface area contributed by atoms with Crippen LogP contribution in [0.5, 0.6) is 0 Å². The molecule has 0 radical (unpaired) electrons. The molecule has 0 saturated carbocycles. The first-order chi connectivity index (χ1) is 10.9. The molecule has 0 aliphatic rings.